The molecule has 0 aromatic carbocycles. The molecule has 0 bridgehead atoms. The molecule has 0 fully saturated rings. The number of halogens is 1. The maximum absolute atomic E-state index is 6.20. The third-order valence-corrected chi connectivity index (χ3v) is 2.58. The fraction of sp³-hybridized carbons (Fsp3) is 0.222. The molecule has 0 aliphatic carbocycles. The summed E-state index contributed by atoms with van der Waals surface area (Å²) >= 11 is 6.20. The van der Waals surface area contributed by atoms with E-state index >= 15 is 0 Å². The van der Waals surface area contributed by atoms with Crippen LogP contribution in [0.3, 0.4) is 0 Å². The van der Waals surface area contributed by atoms with E-state index in [-0.39, 0.29) is 0 Å². The molecule has 0 unspecified atom stereocenters. The quantitative estimate of drug-likeness (QED) is 0.685. The highest BCUT2D eigenvalue weighted by Gasteiger charge is 2.08. The highest BCUT2D eigenvalue weighted by atomic mass is 35.5. The lowest BCUT2D eigenvalue weighted by molar-refractivity contribution is 1.33. The minimum absolute atomic E-state index is 0.784. The zero-order chi connectivity index (χ0) is 9.42. The molecule has 2 nitrogen and oxygen atoms in total. The van der Waals surface area contributed by atoms with Crippen LogP contribution in [0.1, 0.15) is 5.56 Å². The highest BCUT2D eigenvalue weighted by molar-refractivity contribution is 6.58. The van der Waals surface area contributed by atoms with Crippen molar-refractivity contribution >= 4 is 35.4 Å². The van der Waals surface area contributed by atoms with Gasteiger partial charge in [-0.2, -0.15) is 0 Å². The van der Waals surface area contributed by atoms with Gasteiger partial charge < -0.3 is 4.98 Å². The van der Waals surface area contributed by atoms with Gasteiger partial charge in [0.15, 0.2) is 7.28 Å². The number of hydrogen-bond donors (Lipinski definition) is 1. The molecule has 13 heavy (non-hydrogen) atoms. The second-order valence-electron chi connectivity index (χ2n) is 3.01. The minimum Gasteiger partial charge on any atom is -0.346 e. The lowest BCUT2D eigenvalue weighted by Gasteiger charge is -2.01. The molecule has 4 heteroatoms. The lowest BCUT2D eigenvalue weighted by Crippen LogP contribution is -2.13. The normalized spacial score (nSPS) is 10.7. The summed E-state index contributed by atoms with van der Waals surface area (Å²) in [5, 5.41) is 1.81. The van der Waals surface area contributed by atoms with E-state index in [1.165, 1.54) is 0 Å². The number of pyridine rings is 1. The summed E-state index contributed by atoms with van der Waals surface area (Å²) in [7, 11) is 1.96. The Morgan fingerprint density at radius 2 is 2.31 bits per heavy atom. The van der Waals surface area contributed by atoms with Crippen LogP contribution >= 0.6 is 11.6 Å². The van der Waals surface area contributed by atoms with Gasteiger partial charge in [0.05, 0.1) is 0 Å². The van der Waals surface area contributed by atoms with Crippen LogP contribution in [0.25, 0.3) is 11.0 Å². The van der Waals surface area contributed by atoms with E-state index in [1.807, 2.05) is 27.2 Å². The third-order valence-electron chi connectivity index (χ3n) is 2.17. The van der Waals surface area contributed by atoms with E-state index in [0.717, 1.165) is 27.1 Å². The number of nitrogens with one attached hydrogen (secondary N) is 1. The van der Waals surface area contributed by atoms with E-state index in [4.69, 9.17) is 11.6 Å². The molecule has 2 aromatic rings. The summed E-state index contributed by atoms with van der Waals surface area (Å²) in [4.78, 5) is 7.33. The number of fused-ring (bicyclic) bond motifs is 1. The lowest BCUT2D eigenvalue weighted by atomic mass is 9.74. The average molecular weight is 191 g/mol. The second kappa shape index (κ2) is 3.07. The predicted molar refractivity (Wildman–Crippen MR) is 57.1 cm³/mol. The smallest absolute Gasteiger partial charge is 0.152 e. The van der Waals surface area contributed by atoms with Gasteiger partial charge in [-0.1, -0.05) is 23.9 Å². The fourth-order valence-corrected chi connectivity index (χ4v) is 1.82. The average Bonchev–Trinajstić information content (AvgIpc) is 2.49. The van der Waals surface area contributed by atoms with Crippen LogP contribution in [0.5, 0.6) is 0 Å². The zero-order valence-electron chi connectivity index (χ0n) is 7.56. The minimum atomic E-state index is 0.784. The van der Waals surface area contributed by atoms with Crippen LogP contribution in [0.4, 0.5) is 0 Å². The van der Waals surface area contributed by atoms with Crippen LogP contribution in [-0.4, -0.2) is 17.2 Å². The van der Waals surface area contributed by atoms with Crippen molar-refractivity contribution in [1.29, 1.82) is 0 Å². The molecule has 2 heterocycles. The monoisotopic (exact) mass is 191 g/mol. The third kappa shape index (κ3) is 1.24. The maximum atomic E-state index is 6.20. The summed E-state index contributed by atoms with van der Waals surface area (Å²) in [6, 6.07) is 0. The largest absolute Gasteiger partial charge is 0.346 e. The number of aromatic nitrogens is 2. The Labute approximate surface area is 82.6 Å². The summed E-state index contributed by atoms with van der Waals surface area (Å²) in [5.41, 5.74) is 2.97. The van der Waals surface area contributed by atoms with Crippen molar-refractivity contribution < 1.29 is 0 Å². The highest BCUT2D eigenvalue weighted by Crippen LogP contribution is 2.22. The standard InChI is InChI=1S/C9H9BClN2/c1-5-3-12-9-7(5)8(11)6(10-2)4-13-9/h3-4H,1-2H3,(H,12,13). The molecule has 0 saturated carbocycles. The van der Waals surface area contributed by atoms with Crippen molar-refractivity contribution in [2.75, 3.05) is 0 Å². The number of hydrogen-bond acceptors (Lipinski definition) is 1. The molecular formula is C9H9BClN2. The molecule has 1 radical (unpaired) electrons. The van der Waals surface area contributed by atoms with Crippen LogP contribution in [0.2, 0.25) is 11.8 Å². The fourth-order valence-electron chi connectivity index (χ4n) is 1.42. The van der Waals surface area contributed by atoms with Gasteiger partial charge in [0, 0.05) is 22.8 Å². The summed E-state index contributed by atoms with van der Waals surface area (Å²) in [6.07, 6.45) is 3.70. The van der Waals surface area contributed by atoms with Crippen molar-refractivity contribution in [3.8, 4) is 0 Å². The van der Waals surface area contributed by atoms with E-state index in [2.05, 4.69) is 9.97 Å². The van der Waals surface area contributed by atoms with Crippen LogP contribution in [0.15, 0.2) is 12.4 Å². The second-order valence-corrected chi connectivity index (χ2v) is 3.39. The first-order valence-corrected chi connectivity index (χ1v) is 4.53. The van der Waals surface area contributed by atoms with E-state index in [1.54, 1.807) is 6.20 Å². The topological polar surface area (TPSA) is 28.7 Å². The van der Waals surface area contributed by atoms with Gasteiger partial charge in [0.25, 0.3) is 0 Å². The Hall–Kier alpha value is -0.955. The van der Waals surface area contributed by atoms with Crippen molar-refractivity contribution in [3.05, 3.63) is 23.0 Å². The molecular weight excluding hydrogens is 182 g/mol. The molecule has 65 valence electrons. The van der Waals surface area contributed by atoms with Crippen LogP contribution in [-0.2, 0) is 0 Å². The Morgan fingerprint density at radius 1 is 1.54 bits per heavy atom. The van der Waals surface area contributed by atoms with E-state index < -0.39 is 0 Å². The van der Waals surface area contributed by atoms with Gasteiger partial charge in [-0.05, 0) is 12.5 Å². The Balaban J connectivity index is 2.83. The van der Waals surface area contributed by atoms with Gasteiger partial charge in [0.2, 0.25) is 0 Å². The Bertz CT molecular complexity index is 450. The van der Waals surface area contributed by atoms with Crippen molar-refractivity contribution in [2.45, 2.75) is 13.7 Å². The van der Waals surface area contributed by atoms with Crippen molar-refractivity contribution in [3.63, 3.8) is 0 Å². The molecule has 0 spiro atoms. The van der Waals surface area contributed by atoms with E-state index in [0.29, 0.717) is 0 Å². The molecule has 2 rings (SSSR count). The number of rotatable bonds is 1. The predicted octanol–water partition coefficient (Wildman–Crippen LogP) is 1.90. The summed E-state index contributed by atoms with van der Waals surface area (Å²) in [6.45, 7) is 3.97. The van der Waals surface area contributed by atoms with Gasteiger partial charge in [-0.15, -0.1) is 0 Å². The molecule has 2 aromatic heterocycles. The Kier molecular flexibility index (Phi) is 2.04. The van der Waals surface area contributed by atoms with Gasteiger partial charge in [-0.3, -0.25) is 0 Å². The molecule has 0 atom stereocenters. The number of nitrogens with zero attached hydrogens (tertiary/aromatic N) is 1. The zero-order valence-corrected chi connectivity index (χ0v) is 8.31. The number of aryl methyl sites for hydroxylation is 1. The van der Waals surface area contributed by atoms with E-state index in [9.17, 15) is 0 Å². The van der Waals surface area contributed by atoms with Crippen molar-refractivity contribution in [1.82, 2.24) is 9.97 Å². The molecule has 0 amide bonds. The molecule has 1 N–H and O–H groups in total. The van der Waals surface area contributed by atoms with Crippen LogP contribution in [0, 0.1) is 6.92 Å². The van der Waals surface area contributed by atoms with Gasteiger partial charge in [0.1, 0.15) is 5.65 Å². The van der Waals surface area contributed by atoms with Gasteiger partial charge in [-0.25, -0.2) is 4.98 Å². The Morgan fingerprint density at radius 3 is 3.00 bits per heavy atom. The van der Waals surface area contributed by atoms with Crippen molar-refractivity contribution in [2.24, 2.45) is 0 Å². The first-order valence-electron chi connectivity index (χ1n) is 4.15. The first-order chi connectivity index (χ1) is 6.24. The summed E-state index contributed by atoms with van der Waals surface area (Å²) in [5.74, 6) is 0. The number of aromatic amines is 1. The molecule has 0 saturated heterocycles. The van der Waals surface area contributed by atoms with Gasteiger partial charge >= 0.3 is 0 Å². The maximum Gasteiger partial charge on any atom is 0.152 e. The van der Waals surface area contributed by atoms with Crippen LogP contribution < -0.4 is 5.46 Å². The molecule has 0 aliphatic rings. The molecule has 0 aliphatic heterocycles. The SMILES string of the molecule is C[B]c1cnc2[nH]cc(C)c2c1Cl. The first kappa shape index (κ1) is 8.63. The number of H-pyrrole nitrogens is 1. The summed E-state index contributed by atoms with van der Waals surface area (Å²) < 4.78 is 0.